The van der Waals surface area contributed by atoms with Gasteiger partial charge in [-0.1, -0.05) is 12.1 Å². The second kappa shape index (κ2) is 4.42. The lowest BCUT2D eigenvalue weighted by Crippen LogP contribution is -2.16. The van der Waals surface area contributed by atoms with E-state index in [4.69, 9.17) is 4.74 Å². The summed E-state index contributed by atoms with van der Waals surface area (Å²) in [4.78, 5) is 15.4. The third-order valence-electron chi connectivity index (χ3n) is 3.31. The van der Waals surface area contributed by atoms with Gasteiger partial charge in [0.2, 0.25) is 5.82 Å². The molecular weight excluding hydrogens is 232 g/mol. The van der Waals surface area contributed by atoms with Crippen LogP contribution in [0.15, 0.2) is 24.3 Å². The molecule has 1 N–H and O–H groups in total. The molecule has 0 saturated carbocycles. The maximum Gasteiger partial charge on any atom is 0.372 e. The van der Waals surface area contributed by atoms with Crippen LogP contribution in [0.1, 0.15) is 17.0 Å². The summed E-state index contributed by atoms with van der Waals surface area (Å²) >= 11 is 0. The molecule has 2 heterocycles. The number of rotatable bonds is 3. The van der Waals surface area contributed by atoms with E-state index < -0.39 is 5.97 Å². The van der Waals surface area contributed by atoms with Crippen LogP contribution in [0.3, 0.4) is 0 Å². The number of benzene rings is 1. The molecule has 2 aromatic rings. The van der Waals surface area contributed by atoms with Gasteiger partial charge in [-0.2, -0.15) is 0 Å². The summed E-state index contributed by atoms with van der Waals surface area (Å²) in [5.74, 6) is -0.492. The Morgan fingerprint density at radius 1 is 1.50 bits per heavy atom. The number of carbonyl (C=O) groups is 1. The van der Waals surface area contributed by atoms with Crippen LogP contribution in [-0.2, 0) is 11.3 Å². The average Bonchev–Trinajstić information content (AvgIpc) is 2.98. The third kappa shape index (κ3) is 1.86. The zero-order valence-electron chi connectivity index (χ0n) is 9.87. The monoisotopic (exact) mass is 246 g/mol. The molecule has 5 nitrogen and oxygen atoms in total. The topological polar surface area (TPSA) is 64.3 Å². The van der Waals surface area contributed by atoms with Crippen LogP contribution >= 0.6 is 0 Å². The molecule has 1 fully saturated rings. The van der Waals surface area contributed by atoms with Crippen molar-refractivity contribution in [2.75, 3.05) is 13.2 Å². The highest BCUT2D eigenvalue weighted by atomic mass is 16.5. The molecule has 0 bridgehead atoms. The molecule has 1 saturated heterocycles. The number of para-hydroxylation sites is 2. The molecule has 3 rings (SSSR count). The fraction of sp³-hybridized carbons (Fsp3) is 0.385. The fourth-order valence-corrected chi connectivity index (χ4v) is 2.41. The highest BCUT2D eigenvalue weighted by Gasteiger charge is 2.22. The molecule has 0 radical (unpaired) electrons. The quantitative estimate of drug-likeness (QED) is 0.896. The summed E-state index contributed by atoms with van der Waals surface area (Å²) in [5, 5.41) is 9.23. The Labute approximate surface area is 104 Å². The van der Waals surface area contributed by atoms with Crippen molar-refractivity contribution in [3.8, 4) is 0 Å². The van der Waals surface area contributed by atoms with Gasteiger partial charge in [-0.15, -0.1) is 0 Å². The predicted molar refractivity (Wildman–Crippen MR) is 65.6 cm³/mol. The Morgan fingerprint density at radius 3 is 3.06 bits per heavy atom. The molecule has 1 aliphatic rings. The standard InChI is InChI=1S/C13H14N2O3/c16-13(17)12-14-10-3-1-2-4-11(10)15(12)7-9-5-6-18-8-9/h1-4,9H,5-8H2,(H,16,17). The number of carboxylic acid groups (broad SMARTS) is 1. The molecule has 1 aliphatic heterocycles. The summed E-state index contributed by atoms with van der Waals surface area (Å²) < 4.78 is 7.13. The molecule has 0 aliphatic carbocycles. The van der Waals surface area contributed by atoms with E-state index in [1.807, 2.05) is 24.3 Å². The number of hydrogen-bond donors (Lipinski definition) is 1. The van der Waals surface area contributed by atoms with Gasteiger partial charge in [-0.05, 0) is 18.6 Å². The Bertz CT molecular complexity index is 585. The zero-order valence-corrected chi connectivity index (χ0v) is 9.87. The van der Waals surface area contributed by atoms with E-state index in [1.54, 1.807) is 4.57 Å². The molecule has 5 heteroatoms. The Balaban J connectivity index is 2.05. The molecule has 18 heavy (non-hydrogen) atoms. The first-order valence-corrected chi connectivity index (χ1v) is 6.02. The van der Waals surface area contributed by atoms with Crippen LogP contribution in [0.4, 0.5) is 0 Å². The van der Waals surface area contributed by atoms with Crippen molar-refractivity contribution < 1.29 is 14.6 Å². The molecule has 1 aromatic heterocycles. The largest absolute Gasteiger partial charge is 0.475 e. The predicted octanol–water partition coefficient (Wildman–Crippen LogP) is 1.77. The minimum Gasteiger partial charge on any atom is -0.475 e. The van der Waals surface area contributed by atoms with Crippen LogP contribution in [-0.4, -0.2) is 33.8 Å². The van der Waals surface area contributed by atoms with Crippen molar-refractivity contribution in [1.29, 1.82) is 0 Å². The van der Waals surface area contributed by atoms with Crippen LogP contribution in [0.2, 0.25) is 0 Å². The van der Waals surface area contributed by atoms with Crippen LogP contribution in [0.5, 0.6) is 0 Å². The Morgan fingerprint density at radius 2 is 2.33 bits per heavy atom. The van der Waals surface area contributed by atoms with Gasteiger partial charge in [-0.25, -0.2) is 9.78 Å². The van der Waals surface area contributed by atoms with Gasteiger partial charge in [0.05, 0.1) is 17.6 Å². The number of aromatic nitrogens is 2. The van der Waals surface area contributed by atoms with Crippen molar-refractivity contribution >= 4 is 17.0 Å². The van der Waals surface area contributed by atoms with E-state index in [2.05, 4.69) is 4.98 Å². The van der Waals surface area contributed by atoms with Gasteiger partial charge in [0, 0.05) is 19.1 Å². The van der Waals surface area contributed by atoms with E-state index in [-0.39, 0.29) is 5.82 Å². The number of hydrogen-bond acceptors (Lipinski definition) is 3. The van der Waals surface area contributed by atoms with Crippen LogP contribution < -0.4 is 0 Å². The molecule has 1 atom stereocenters. The maximum atomic E-state index is 11.3. The highest BCUT2D eigenvalue weighted by Crippen LogP contribution is 2.21. The van der Waals surface area contributed by atoms with Crippen LogP contribution in [0, 0.1) is 5.92 Å². The van der Waals surface area contributed by atoms with E-state index in [0.29, 0.717) is 19.1 Å². The van der Waals surface area contributed by atoms with Crippen molar-refractivity contribution in [3.63, 3.8) is 0 Å². The van der Waals surface area contributed by atoms with Crippen molar-refractivity contribution in [3.05, 3.63) is 30.1 Å². The molecule has 0 spiro atoms. The van der Waals surface area contributed by atoms with Gasteiger partial charge in [0.1, 0.15) is 0 Å². The molecular formula is C13H14N2O3. The Hall–Kier alpha value is -1.88. The van der Waals surface area contributed by atoms with E-state index in [0.717, 1.165) is 24.1 Å². The highest BCUT2D eigenvalue weighted by molar-refractivity contribution is 5.89. The van der Waals surface area contributed by atoms with Crippen molar-refractivity contribution in [2.45, 2.75) is 13.0 Å². The van der Waals surface area contributed by atoms with Gasteiger partial charge in [0.25, 0.3) is 0 Å². The maximum absolute atomic E-state index is 11.3. The van der Waals surface area contributed by atoms with E-state index >= 15 is 0 Å². The van der Waals surface area contributed by atoms with E-state index in [1.165, 1.54) is 0 Å². The Kier molecular flexibility index (Phi) is 2.76. The zero-order chi connectivity index (χ0) is 12.5. The van der Waals surface area contributed by atoms with Crippen molar-refractivity contribution in [2.24, 2.45) is 5.92 Å². The molecule has 94 valence electrons. The smallest absolute Gasteiger partial charge is 0.372 e. The summed E-state index contributed by atoms with van der Waals surface area (Å²) in [6, 6.07) is 7.51. The van der Waals surface area contributed by atoms with Crippen LogP contribution in [0.25, 0.3) is 11.0 Å². The number of fused-ring (bicyclic) bond motifs is 1. The van der Waals surface area contributed by atoms with E-state index in [9.17, 15) is 9.90 Å². The second-order valence-corrected chi connectivity index (χ2v) is 4.57. The average molecular weight is 246 g/mol. The first-order chi connectivity index (χ1) is 8.75. The summed E-state index contributed by atoms with van der Waals surface area (Å²) in [7, 11) is 0. The minimum atomic E-state index is -0.981. The van der Waals surface area contributed by atoms with Gasteiger partial charge in [0.15, 0.2) is 0 Å². The summed E-state index contributed by atoms with van der Waals surface area (Å²) in [6.45, 7) is 2.12. The normalized spacial score (nSPS) is 19.4. The number of ether oxygens (including phenoxy) is 1. The van der Waals surface area contributed by atoms with Gasteiger partial charge < -0.3 is 14.4 Å². The van der Waals surface area contributed by atoms with Crippen molar-refractivity contribution in [1.82, 2.24) is 9.55 Å². The number of imidazole rings is 1. The van der Waals surface area contributed by atoms with Gasteiger partial charge >= 0.3 is 5.97 Å². The summed E-state index contributed by atoms with van der Waals surface area (Å²) in [6.07, 6.45) is 0.978. The molecule has 1 aromatic carbocycles. The third-order valence-corrected chi connectivity index (χ3v) is 3.31. The number of aromatic carboxylic acids is 1. The SMILES string of the molecule is O=C(O)c1nc2ccccc2n1CC1CCOC1. The first-order valence-electron chi connectivity index (χ1n) is 6.02. The fourth-order valence-electron chi connectivity index (χ4n) is 2.41. The minimum absolute atomic E-state index is 0.114. The van der Waals surface area contributed by atoms with Gasteiger partial charge in [-0.3, -0.25) is 0 Å². The number of carboxylic acids is 1. The molecule has 0 amide bonds. The first kappa shape index (κ1) is 11.2. The summed E-state index contributed by atoms with van der Waals surface area (Å²) in [5.41, 5.74) is 1.61. The lowest BCUT2D eigenvalue weighted by Gasteiger charge is -2.11. The molecule has 1 unspecified atom stereocenters. The second-order valence-electron chi connectivity index (χ2n) is 4.57. The number of nitrogens with zero attached hydrogens (tertiary/aromatic N) is 2. The lowest BCUT2D eigenvalue weighted by atomic mass is 10.1. The lowest BCUT2D eigenvalue weighted by molar-refractivity contribution is 0.0677.